The second-order valence-electron chi connectivity index (χ2n) is 5.57. The lowest BCUT2D eigenvalue weighted by atomic mass is 10.1. The maximum absolute atomic E-state index is 12.3. The van der Waals surface area contributed by atoms with E-state index in [0.29, 0.717) is 41.1 Å². The van der Waals surface area contributed by atoms with Gasteiger partial charge in [0.15, 0.2) is 16.6 Å². The number of anilines is 2. The van der Waals surface area contributed by atoms with E-state index in [4.69, 9.17) is 9.47 Å². The van der Waals surface area contributed by atoms with Gasteiger partial charge in [0.2, 0.25) is 0 Å². The molecular formula is C19H20N4O3S. The highest BCUT2D eigenvalue weighted by Gasteiger charge is 2.11. The third-order valence-electron chi connectivity index (χ3n) is 3.78. The van der Waals surface area contributed by atoms with Crippen molar-refractivity contribution < 1.29 is 14.3 Å². The summed E-state index contributed by atoms with van der Waals surface area (Å²) in [4.78, 5) is 20.7. The van der Waals surface area contributed by atoms with Crippen molar-refractivity contribution in [3.05, 3.63) is 59.2 Å². The van der Waals surface area contributed by atoms with Gasteiger partial charge >= 0.3 is 0 Å². The van der Waals surface area contributed by atoms with Gasteiger partial charge in [-0.25, -0.2) is 9.97 Å². The van der Waals surface area contributed by atoms with Crippen LogP contribution in [0.25, 0.3) is 0 Å². The Labute approximate surface area is 161 Å². The third kappa shape index (κ3) is 4.95. The lowest BCUT2D eigenvalue weighted by Gasteiger charge is -2.09. The molecule has 0 fully saturated rings. The number of methoxy groups -OCH3 is 2. The van der Waals surface area contributed by atoms with E-state index < -0.39 is 0 Å². The molecule has 0 unspecified atom stereocenters. The van der Waals surface area contributed by atoms with E-state index in [-0.39, 0.29) is 5.91 Å². The number of nitrogens with one attached hydrogen (secondary N) is 2. The van der Waals surface area contributed by atoms with Crippen LogP contribution in [-0.4, -0.2) is 36.6 Å². The molecule has 3 rings (SSSR count). The molecule has 0 saturated carbocycles. The minimum Gasteiger partial charge on any atom is -0.493 e. The minimum absolute atomic E-state index is 0.208. The summed E-state index contributed by atoms with van der Waals surface area (Å²) in [6.07, 6.45) is 2.37. The Morgan fingerprint density at radius 3 is 2.74 bits per heavy atom. The fourth-order valence-corrected chi connectivity index (χ4v) is 3.13. The number of rotatable bonds is 8. The zero-order chi connectivity index (χ0) is 19.1. The molecular weight excluding hydrogens is 364 g/mol. The van der Waals surface area contributed by atoms with Gasteiger partial charge in [-0.05, 0) is 36.2 Å². The van der Waals surface area contributed by atoms with Crippen LogP contribution in [0.4, 0.5) is 10.9 Å². The molecule has 2 heterocycles. The number of thiazole rings is 1. The molecule has 0 aliphatic heterocycles. The number of hydrogen-bond donors (Lipinski definition) is 2. The molecule has 1 amide bonds. The molecule has 1 aromatic carbocycles. The van der Waals surface area contributed by atoms with E-state index in [1.165, 1.54) is 11.3 Å². The molecule has 2 aromatic heterocycles. The first-order valence-corrected chi connectivity index (χ1v) is 9.20. The van der Waals surface area contributed by atoms with Gasteiger partial charge in [-0.15, -0.1) is 11.3 Å². The number of pyridine rings is 1. The van der Waals surface area contributed by atoms with Gasteiger partial charge in [-0.3, -0.25) is 4.79 Å². The number of ether oxygens (including phenoxy) is 2. The maximum Gasteiger partial charge on any atom is 0.270 e. The number of carbonyl (C=O) groups is 1. The fourth-order valence-electron chi connectivity index (χ4n) is 2.43. The molecule has 8 heteroatoms. The Hall–Kier alpha value is -3.13. The van der Waals surface area contributed by atoms with E-state index in [2.05, 4.69) is 20.6 Å². The summed E-state index contributed by atoms with van der Waals surface area (Å²) in [5.41, 5.74) is 1.43. The molecule has 0 spiro atoms. The summed E-state index contributed by atoms with van der Waals surface area (Å²) in [7, 11) is 3.20. The largest absolute Gasteiger partial charge is 0.493 e. The Morgan fingerprint density at radius 2 is 2.00 bits per heavy atom. The van der Waals surface area contributed by atoms with E-state index in [9.17, 15) is 4.79 Å². The van der Waals surface area contributed by atoms with Crippen molar-refractivity contribution in [1.82, 2.24) is 15.3 Å². The molecule has 2 N–H and O–H groups in total. The minimum atomic E-state index is -0.208. The van der Waals surface area contributed by atoms with Crippen LogP contribution in [0.5, 0.6) is 11.5 Å². The standard InChI is InChI=1S/C19H20N4O3S/c1-25-15-7-6-13(11-16(15)26-2)8-10-21-18(24)14-12-27-19(22-14)23-17-5-3-4-9-20-17/h3-7,9,11-12H,8,10H2,1-2H3,(H,21,24)(H,20,22,23). The van der Waals surface area contributed by atoms with Gasteiger partial charge in [0, 0.05) is 18.1 Å². The highest BCUT2D eigenvalue weighted by atomic mass is 32.1. The number of aromatic nitrogens is 2. The summed E-state index contributed by atoms with van der Waals surface area (Å²) in [6.45, 7) is 0.495. The first-order chi connectivity index (χ1) is 13.2. The molecule has 0 radical (unpaired) electrons. The summed E-state index contributed by atoms with van der Waals surface area (Å²) < 4.78 is 10.5. The summed E-state index contributed by atoms with van der Waals surface area (Å²) in [5, 5.41) is 8.30. The number of carbonyl (C=O) groups excluding carboxylic acids is 1. The van der Waals surface area contributed by atoms with E-state index in [1.54, 1.807) is 25.8 Å². The van der Waals surface area contributed by atoms with Crippen molar-refractivity contribution in [2.45, 2.75) is 6.42 Å². The predicted octanol–water partition coefficient (Wildman–Crippen LogP) is 3.27. The second-order valence-corrected chi connectivity index (χ2v) is 6.43. The molecule has 0 bridgehead atoms. The fraction of sp³-hybridized carbons (Fsp3) is 0.211. The van der Waals surface area contributed by atoms with Crippen molar-refractivity contribution in [3.63, 3.8) is 0 Å². The van der Waals surface area contributed by atoms with E-state index in [1.807, 2.05) is 36.4 Å². The number of nitrogens with zero attached hydrogens (tertiary/aromatic N) is 2. The second kappa shape index (κ2) is 9.00. The topological polar surface area (TPSA) is 85.4 Å². The quantitative estimate of drug-likeness (QED) is 0.620. The average Bonchev–Trinajstić information content (AvgIpc) is 3.17. The van der Waals surface area contributed by atoms with Gasteiger partial charge in [-0.1, -0.05) is 12.1 Å². The monoisotopic (exact) mass is 384 g/mol. The first kappa shape index (κ1) is 18.7. The van der Waals surface area contributed by atoms with Crippen molar-refractivity contribution in [3.8, 4) is 11.5 Å². The Kier molecular flexibility index (Phi) is 6.22. The highest BCUT2D eigenvalue weighted by Crippen LogP contribution is 2.27. The van der Waals surface area contributed by atoms with Crippen LogP contribution >= 0.6 is 11.3 Å². The third-order valence-corrected chi connectivity index (χ3v) is 4.54. The lowest BCUT2D eigenvalue weighted by molar-refractivity contribution is 0.0950. The summed E-state index contributed by atoms with van der Waals surface area (Å²) in [6, 6.07) is 11.3. The molecule has 140 valence electrons. The number of benzene rings is 1. The van der Waals surface area contributed by atoms with Crippen LogP contribution in [0.1, 0.15) is 16.1 Å². The van der Waals surface area contributed by atoms with Crippen molar-refractivity contribution in [1.29, 1.82) is 0 Å². The predicted molar refractivity (Wildman–Crippen MR) is 105 cm³/mol. The Bertz CT molecular complexity index is 899. The van der Waals surface area contributed by atoms with Crippen LogP contribution in [-0.2, 0) is 6.42 Å². The highest BCUT2D eigenvalue weighted by molar-refractivity contribution is 7.14. The summed E-state index contributed by atoms with van der Waals surface area (Å²) >= 11 is 1.36. The number of hydrogen-bond acceptors (Lipinski definition) is 7. The molecule has 27 heavy (non-hydrogen) atoms. The van der Waals surface area contributed by atoms with Crippen LogP contribution in [0.2, 0.25) is 0 Å². The van der Waals surface area contributed by atoms with Gasteiger partial charge < -0.3 is 20.1 Å². The van der Waals surface area contributed by atoms with Crippen molar-refractivity contribution in [2.75, 3.05) is 26.1 Å². The van der Waals surface area contributed by atoms with Crippen molar-refractivity contribution >= 4 is 28.2 Å². The van der Waals surface area contributed by atoms with E-state index in [0.717, 1.165) is 5.56 Å². The molecule has 7 nitrogen and oxygen atoms in total. The Balaban J connectivity index is 1.52. The van der Waals surface area contributed by atoms with Gasteiger partial charge in [0.1, 0.15) is 11.5 Å². The lowest BCUT2D eigenvalue weighted by Crippen LogP contribution is -2.26. The molecule has 0 saturated heterocycles. The van der Waals surface area contributed by atoms with Crippen LogP contribution < -0.4 is 20.1 Å². The molecule has 0 atom stereocenters. The maximum atomic E-state index is 12.3. The van der Waals surface area contributed by atoms with Crippen LogP contribution in [0, 0.1) is 0 Å². The number of amides is 1. The van der Waals surface area contributed by atoms with Crippen LogP contribution in [0.15, 0.2) is 48.0 Å². The smallest absolute Gasteiger partial charge is 0.270 e. The molecule has 3 aromatic rings. The molecule has 0 aliphatic carbocycles. The zero-order valence-electron chi connectivity index (χ0n) is 15.1. The van der Waals surface area contributed by atoms with E-state index >= 15 is 0 Å². The SMILES string of the molecule is COc1ccc(CCNC(=O)c2csc(Nc3ccccn3)n2)cc1OC. The Morgan fingerprint density at radius 1 is 1.15 bits per heavy atom. The summed E-state index contributed by atoms with van der Waals surface area (Å²) in [5.74, 6) is 1.83. The average molecular weight is 384 g/mol. The van der Waals surface area contributed by atoms with Gasteiger partial charge in [0.05, 0.1) is 14.2 Å². The van der Waals surface area contributed by atoms with Crippen molar-refractivity contribution in [2.24, 2.45) is 0 Å². The zero-order valence-corrected chi connectivity index (χ0v) is 15.9. The van der Waals surface area contributed by atoms with Gasteiger partial charge in [-0.2, -0.15) is 0 Å². The molecule has 0 aliphatic rings. The van der Waals surface area contributed by atoms with Crippen LogP contribution in [0.3, 0.4) is 0 Å². The first-order valence-electron chi connectivity index (χ1n) is 8.32. The normalized spacial score (nSPS) is 10.3. The van der Waals surface area contributed by atoms with Gasteiger partial charge in [0.25, 0.3) is 5.91 Å².